The number of hydrogen-bond acceptors (Lipinski definition) is 4. The molecule has 1 aromatic carbocycles. The summed E-state index contributed by atoms with van der Waals surface area (Å²) in [5.74, 6) is 1.24. The van der Waals surface area contributed by atoms with Crippen molar-refractivity contribution in [3.8, 4) is 11.5 Å². The number of carbonyl (C=O) groups excluding carboxylic acids is 1. The summed E-state index contributed by atoms with van der Waals surface area (Å²) in [6.45, 7) is 3.57. The van der Waals surface area contributed by atoms with Crippen LogP contribution in [0.25, 0.3) is 0 Å². The quantitative estimate of drug-likeness (QED) is 0.862. The van der Waals surface area contributed by atoms with Gasteiger partial charge < -0.3 is 14.4 Å². The molecule has 0 aliphatic carbocycles. The number of nitrogens with zero attached hydrogens (tertiary/aromatic N) is 3. The van der Waals surface area contributed by atoms with E-state index in [4.69, 9.17) is 9.47 Å². The third kappa shape index (κ3) is 2.69. The Hall–Kier alpha value is -2.50. The molecule has 110 valence electrons. The van der Waals surface area contributed by atoms with Crippen LogP contribution in [0.1, 0.15) is 22.8 Å². The van der Waals surface area contributed by atoms with E-state index >= 15 is 0 Å². The lowest BCUT2D eigenvalue weighted by atomic mass is 10.1. The molecule has 6 heteroatoms. The largest absolute Gasteiger partial charge is 0.454 e. The summed E-state index contributed by atoms with van der Waals surface area (Å²) in [7, 11) is 1.77. The number of benzene rings is 1. The second-order valence-electron chi connectivity index (χ2n) is 4.93. The molecule has 3 rings (SSSR count). The van der Waals surface area contributed by atoms with E-state index in [1.54, 1.807) is 36.3 Å². The second kappa shape index (κ2) is 5.47. The van der Waals surface area contributed by atoms with Gasteiger partial charge in [0.05, 0.1) is 6.20 Å². The van der Waals surface area contributed by atoms with Crippen LogP contribution in [0.5, 0.6) is 11.5 Å². The van der Waals surface area contributed by atoms with Crippen molar-refractivity contribution in [2.45, 2.75) is 20.0 Å². The highest BCUT2D eigenvalue weighted by molar-refractivity contribution is 5.94. The molecule has 0 radical (unpaired) electrons. The van der Waals surface area contributed by atoms with E-state index in [0.717, 1.165) is 12.1 Å². The van der Waals surface area contributed by atoms with E-state index in [1.165, 1.54) is 0 Å². The number of ether oxygens (including phenoxy) is 2. The van der Waals surface area contributed by atoms with E-state index in [1.807, 2.05) is 17.8 Å². The average molecular weight is 287 g/mol. The molecule has 0 saturated heterocycles. The maximum absolute atomic E-state index is 12.4. The standard InChI is InChI=1S/C15H17N3O3/c1-3-18-9-11(7-16-18)8-17(2)15(19)12-4-5-13-14(6-12)21-10-20-13/h4-7,9H,3,8,10H2,1-2H3. The van der Waals surface area contributed by atoms with E-state index in [-0.39, 0.29) is 12.7 Å². The maximum Gasteiger partial charge on any atom is 0.254 e. The first-order valence-corrected chi connectivity index (χ1v) is 6.84. The molecule has 0 atom stereocenters. The molecule has 1 amide bonds. The first-order chi connectivity index (χ1) is 10.2. The Labute approximate surface area is 122 Å². The monoisotopic (exact) mass is 287 g/mol. The minimum Gasteiger partial charge on any atom is -0.454 e. The van der Waals surface area contributed by atoms with Gasteiger partial charge in [0.25, 0.3) is 5.91 Å². The Bertz CT molecular complexity index is 666. The van der Waals surface area contributed by atoms with Crippen molar-refractivity contribution in [3.63, 3.8) is 0 Å². The normalized spacial score (nSPS) is 12.5. The Balaban J connectivity index is 1.72. The fourth-order valence-electron chi connectivity index (χ4n) is 2.26. The highest BCUT2D eigenvalue weighted by Crippen LogP contribution is 2.32. The number of hydrogen-bond donors (Lipinski definition) is 0. The first-order valence-electron chi connectivity index (χ1n) is 6.84. The van der Waals surface area contributed by atoms with Crippen LogP contribution in [0, 0.1) is 0 Å². The Morgan fingerprint density at radius 2 is 2.19 bits per heavy atom. The minimum absolute atomic E-state index is 0.0578. The molecule has 0 unspecified atom stereocenters. The molecular weight excluding hydrogens is 270 g/mol. The van der Waals surface area contributed by atoms with Gasteiger partial charge >= 0.3 is 0 Å². The van der Waals surface area contributed by atoms with Crippen molar-refractivity contribution in [1.29, 1.82) is 0 Å². The summed E-state index contributed by atoms with van der Waals surface area (Å²) in [4.78, 5) is 14.1. The van der Waals surface area contributed by atoms with Gasteiger partial charge in [0, 0.05) is 37.5 Å². The molecule has 0 bridgehead atoms. The van der Waals surface area contributed by atoms with Gasteiger partial charge in [0.1, 0.15) is 0 Å². The van der Waals surface area contributed by atoms with Gasteiger partial charge in [0.2, 0.25) is 6.79 Å². The predicted molar refractivity (Wildman–Crippen MR) is 76.3 cm³/mol. The van der Waals surface area contributed by atoms with Gasteiger partial charge in [-0.05, 0) is 25.1 Å². The molecule has 0 N–H and O–H groups in total. The summed E-state index contributed by atoms with van der Waals surface area (Å²) < 4.78 is 12.4. The molecular formula is C15H17N3O3. The molecule has 6 nitrogen and oxygen atoms in total. The Morgan fingerprint density at radius 1 is 1.38 bits per heavy atom. The van der Waals surface area contributed by atoms with Crippen LogP contribution >= 0.6 is 0 Å². The molecule has 1 aliphatic heterocycles. The zero-order chi connectivity index (χ0) is 14.8. The fourth-order valence-corrected chi connectivity index (χ4v) is 2.26. The first kappa shape index (κ1) is 13.5. The number of carbonyl (C=O) groups is 1. The van der Waals surface area contributed by atoms with Crippen LogP contribution in [0.15, 0.2) is 30.6 Å². The average Bonchev–Trinajstić information content (AvgIpc) is 3.13. The van der Waals surface area contributed by atoms with Gasteiger partial charge in [-0.25, -0.2) is 0 Å². The van der Waals surface area contributed by atoms with Crippen molar-refractivity contribution < 1.29 is 14.3 Å². The summed E-state index contributed by atoms with van der Waals surface area (Å²) in [6.07, 6.45) is 3.73. The third-order valence-electron chi connectivity index (χ3n) is 3.40. The predicted octanol–water partition coefficient (Wildman–Crippen LogP) is 1.90. The highest BCUT2D eigenvalue weighted by Gasteiger charge is 2.18. The van der Waals surface area contributed by atoms with Crippen molar-refractivity contribution in [3.05, 3.63) is 41.7 Å². The van der Waals surface area contributed by atoms with Gasteiger partial charge in [0.15, 0.2) is 11.5 Å². The molecule has 21 heavy (non-hydrogen) atoms. The van der Waals surface area contributed by atoms with Crippen molar-refractivity contribution in [2.75, 3.05) is 13.8 Å². The molecule has 0 spiro atoms. The minimum atomic E-state index is -0.0578. The lowest BCUT2D eigenvalue weighted by Crippen LogP contribution is -2.26. The SMILES string of the molecule is CCn1cc(CN(C)C(=O)c2ccc3c(c2)OCO3)cn1. The van der Waals surface area contributed by atoms with Gasteiger partial charge in [-0.15, -0.1) is 0 Å². The van der Waals surface area contributed by atoms with Crippen LogP contribution < -0.4 is 9.47 Å². The van der Waals surface area contributed by atoms with Crippen LogP contribution in [0.2, 0.25) is 0 Å². The van der Waals surface area contributed by atoms with Crippen molar-refractivity contribution >= 4 is 5.91 Å². The Morgan fingerprint density at radius 3 is 2.95 bits per heavy atom. The van der Waals surface area contributed by atoms with E-state index in [9.17, 15) is 4.79 Å². The smallest absolute Gasteiger partial charge is 0.254 e. The number of rotatable bonds is 4. The molecule has 0 fully saturated rings. The molecule has 0 saturated carbocycles. The maximum atomic E-state index is 12.4. The number of amides is 1. The number of fused-ring (bicyclic) bond motifs is 1. The van der Waals surface area contributed by atoms with Crippen molar-refractivity contribution in [1.82, 2.24) is 14.7 Å². The summed E-state index contributed by atoms with van der Waals surface area (Å²) >= 11 is 0. The topological polar surface area (TPSA) is 56.6 Å². The zero-order valence-corrected chi connectivity index (χ0v) is 12.1. The zero-order valence-electron chi connectivity index (χ0n) is 12.1. The van der Waals surface area contributed by atoms with Crippen LogP contribution in [0.3, 0.4) is 0 Å². The Kier molecular flexibility index (Phi) is 3.51. The van der Waals surface area contributed by atoms with E-state index < -0.39 is 0 Å². The molecule has 2 heterocycles. The number of aromatic nitrogens is 2. The van der Waals surface area contributed by atoms with Crippen LogP contribution in [0.4, 0.5) is 0 Å². The summed E-state index contributed by atoms with van der Waals surface area (Å²) in [5, 5.41) is 4.21. The van der Waals surface area contributed by atoms with E-state index in [2.05, 4.69) is 5.10 Å². The molecule has 1 aromatic heterocycles. The van der Waals surface area contributed by atoms with Crippen LogP contribution in [-0.4, -0.2) is 34.4 Å². The van der Waals surface area contributed by atoms with Crippen LogP contribution in [-0.2, 0) is 13.1 Å². The second-order valence-corrected chi connectivity index (χ2v) is 4.93. The lowest BCUT2D eigenvalue weighted by molar-refractivity contribution is 0.0784. The molecule has 2 aromatic rings. The summed E-state index contributed by atoms with van der Waals surface area (Å²) in [6, 6.07) is 5.23. The van der Waals surface area contributed by atoms with Gasteiger partial charge in [-0.2, -0.15) is 5.10 Å². The van der Waals surface area contributed by atoms with Crippen molar-refractivity contribution in [2.24, 2.45) is 0 Å². The van der Waals surface area contributed by atoms with Gasteiger partial charge in [-0.3, -0.25) is 9.48 Å². The van der Waals surface area contributed by atoms with E-state index in [0.29, 0.717) is 23.6 Å². The highest BCUT2D eigenvalue weighted by atomic mass is 16.7. The fraction of sp³-hybridized carbons (Fsp3) is 0.333. The number of aryl methyl sites for hydroxylation is 1. The van der Waals surface area contributed by atoms with Gasteiger partial charge in [-0.1, -0.05) is 0 Å². The molecule has 1 aliphatic rings. The third-order valence-corrected chi connectivity index (χ3v) is 3.40. The summed E-state index contributed by atoms with van der Waals surface area (Å²) in [5.41, 5.74) is 1.60. The lowest BCUT2D eigenvalue weighted by Gasteiger charge is -2.16.